The third kappa shape index (κ3) is 5.10. The summed E-state index contributed by atoms with van der Waals surface area (Å²) in [6, 6.07) is 16.2. The smallest absolute Gasteiger partial charge is 0.407 e. The number of hydrogen-bond donors (Lipinski definition) is 2. The van der Waals surface area contributed by atoms with Crippen LogP contribution in [0.3, 0.4) is 0 Å². The van der Waals surface area contributed by atoms with Gasteiger partial charge in [-0.25, -0.2) is 4.79 Å². The number of nitrogens with zero attached hydrogens (tertiary/aromatic N) is 1. The standard InChI is InChI=1S/C25H30N2O5/c1-16(23(30)27(14-22(28)29)25(2,3)4)13-26-24(31)32-15-21-19-11-7-5-9-17(19)18-10-6-8-12-20(18)21/h5-12,16,21H,13-15H2,1-4H3,(H,26,31)(H,28,29). The van der Waals surface area contributed by atoms with Crippen LogP contribution in [-0.4, -0.2) is 53.2 Å². The molecule has 7 nitrogen and oxygen atoms in total. The summed E-state index contributed by atoms with van der Waals surface area (Å²) in [6.07, 6.45) is -0.605. The highest BCUT2D eigenvalue weighted by Gasteiger charge is 2.32. The van der Waals surface area contributed by atoms with Crippen LogP contribution in [0.4, 0.5) is 4.79 Å². The predicted molar refractivity (Wildman–Crippen MR) is 121 cm³/mol. The minimum atomic E-state index is -1.08. The largest absolute Gasteiger partial charge is 0.480 e. The molecule has 2 N–H and O–H groups in total. The second-order valence-electron chi connectivity index (χ2n) is 9.10. The Labute approximate surface area is 188 Å². The summed E-state index contributed by atoms with van der Waals surface area (Å²) in [6.45, 7) is 6.85. The first kappa shape index (κ1) is 23.3. The summed E-state index contributed by atoms with van der Waals surface area (Å²) in [5, 5.41) is 11.8. The number of carbonyl (C=O) groups excluding carboxylic acids is 2. The van der Waals surface area contributed by atoms with Gasteiger partial charge in [-0.2, -0.15) is 0 Å². The van der Waals surface area contributed by atoms with Crippen molar-refractivity contribution < 1.29 is 24.2 Å². The Bertz CT molecular complexity index is 966. The fourth-order valence-electron chi connectivity index (χ4n) is 4.02. The van der Waals surface area contributed by atoms with E-state index in [0.717, 1.165) is 22.3 Å². The van der Waals surface area contributed by atoms with Crippen LogP contribution in [0.5, 0.6) is 0 Å². The average Bonchev–Trinajstić information content (AvgIpc) is 3.07. The second-order valence-corrected chi connectivity index (χ2v) is 9.10. The van der Waals surface area contributed by atoms with Crippen molar-refractivity contribution in [1.82, 2.24) is 10.2 Å². The predicted octanol–water partition coefficient (Wildman–Crippen LogP) is 3.87. The Kier molecular flexibility index (Phi) is 6.87. The summed E-state index contributed by atoms with van der Waals surface area (Å²) in [5.74, 6) is -2.04. The third-order valence-corrected chi connectivity index (χ3v) is 5.69. The molecule has 1 atom stereocenters. The number of aliphatic carboxylic acids is 1. The van der Waals surface area contributed by atoms with Crippen LogP contribution in [0.1, 0.15) is 44.7 Å². The lowest BCUT2D eigenvalue weighted by Gasteiger charge is -2.36. The third-order valence-electron chi connectivity index (χ3n) is 5.69. The molecule has 0 saturated carbocycles. The fraction of sp³-hybridized carbons (Fsp3) is 0.400. The van der Waals surface area contributed by atoms with Gasteiger partial charge in [0, 0.05) is 18.0 Å². The number of rotatable bonds is 7. The molecule has 0 aliphatic heterocycles. The second kappa shape index (κ2) is 9.42. The molecule has 0 saturated heterocycles. The summed E-state index contributed by atoms with van der Waals surface area (Å²) >= 11 is 0. The van der Waals surface area contributed by atoms with Gasteiger partial charge in [-0.05, 0) is 43.0 Å². The zero-order valence-corrected chi connectivity index (χ0v) is 18.9. The van der Waals surface area contributed by atoms with Crippen LogP contribution >= 0.6 is 0 Å². The van der Waals surface area contributed by atoms with E-state index in [1.165, 1.54) is 4.90 Å². The van der Waals surface area contributed by atoms with Crippen molar-refractivity contribution in [2.24, 2.45) is 5.92 Å². The molecule has 0 aromatic heterocycles. The van der Waals surface area contributed by atoms with E-state index < -0.39 is 30.1 Å². The monoisotopic (exact) mass is 438 g/mol. The molecular weight excluding hydrogens is 408 g/mol. The van der Waals surface area contributed by atoms with Crippen LogP contribution in [0.15, 0.2) is 48.5 Å². The molecule has 0 fully saturated rings. The number of carboxylic acid groups (broad SMARTS) is 1. The zero-order chi connectivity index (χ0) is 23.5. The molecule has 2 aromatic rings. The molecule has 7 heteroatoms. The van der Waals surface area contributed by atoms with Gasteiger partial charge in [0.2, 0.25) is 5.91 Å². The van der Waals surface area contributed by atoms with E-state index in [4.69, 9.17) is 9.84 Å². The molecule has 2 amide bonds. The maximum Gasteiger partial charge on any atom is 0.407 e. The van der Waals surface area contributed by atoms with E-state index in [2.05, 4.69) is 17.4 Å². The lowest BCUT2D eigenvalue weighted by Crippen LogP contribution is -2.51. The highest BCUT2D eigenvalue weighted by molar-refractivity contribution is 5.84. The normalized spacial score (nSPS) is 13.6. The van der Waals surface area contributed by atoms with E-state index >= 15 is 0 Å². The molecule has 170 valence electrons. The molecule has 1 aliphatic carbocycles. The number of carboxylic acids is 1. The van der Waals surface area contributed by atoms with Gasteiger partial charge < -0.3 is 20.1 Å². The number of carbonyl (C=O) groups is 3. The van der Waals surface area contributed by atoms with Crippen molar-refractivity contribution in [3.63, 3.8) is 0 Å². The molecule has 1 aliphatic rings. The molecule has 2 aromatic carbocycles. The lowest BCUT2D eigenvalue weighted by atomic mass is 9.98. The van der Waals surface area contributed by atoms with Crippen molar-refractivity contribution in [2.75, 3.05) is 19.7 Å². The Morgan fingerprint density at radius 1 is 1.03 bits per heavy atom. The van der Waals surface area contributed by atoms with Gasteiger partial charge >= 0.3 is 12.1 Å². The van der Waals surface area contributed by atoms with Gasteiger partial charge in [0.25, 0.3) is 0 Å². The van der Waals surface area contributed by atoms with Gasteiger partial charge in [0.1, 0.15) is 13.2 Å². The lowest BCUT2D eigenvalue weighted by molar-refractivity contribution is -0.150. The molecular formula is C25H30N2O5. The fourth-order valence-corrected chi connectivity index (χ4v) is 4.02. The van der Waals surface area contributed by atoms with Crippen molar-refractivity contribution in [3.05, 3.63) is 59.7 Å². The van der Waals surface area contributed by atoms with Crippen LogP contribution in [0, 0.1) is 5.92 Å². The Morgan fingerprint density at radius 3 is 2.06 bits per heavy atom. The molecule has 0 radical (unpaired) electrons. The van der Waals surface area contributed by atoms with E-state index in [1.807, 2.05) is 36.4 Å². The van der Waals surface area contributed by atoms with Gasteiger partial charge in [0.15, 0.2) is 0 Å². The summed E-state index contributed by atoms with van der Waals surface area (Å²) < 4.78 is 5.49. The first-order chi connectivity index (χ1) is 15.1. The molecule has 0 spiro atoms. The van der Waals surface area contributed by atoms with Crippen molar-refractivity contribution >= 4 is 18.0 Å². The van der Waals surface area contributed by atoms with Gasteiger partial charge in [-0.15, -0.1) is 0 Å². The van der Waals surface area contributed by atoms with Crippen molar-refractivity contribution in [1.29, 1.82) is 0 Å². The van der Waals surface area contributed by atoms with Crippen LogP contribution in [0.2, 0.25) is 0 Å². The van der Waals surface area contributed by atoms with Crippen LogP contribution in [0.25, 0.3) is 11.1 Å². The molecule has 1 unspecified atom stereocenters. The first-order valence-corrected chi connectivity index (χ1v) is 10.7. The molecule has 3 rings (SSSR count). The number of benzene rings is 2. The number of ether oxygens (including phenoxy) is 1. The van der Waals surface area contributed by atoms with E-state index in [1.54, 1.807) is 27.7 Å². The van der Waals surface area contributed by atoms with Crippen molar-refractivity contribution in [3.8, 4) is 11.1 Å². The van der Waals surface area contributed by atoms with E-state index in [0.29, 0.717) is 0 Å². The maximum atomic E-state index is 12.8. The minimum Gasteiger partial charge on any atom is -0.480 e. The Morgan fingerprint density at radius 2 is 1.56 bits per heavy atom. The van der Waals surface area contributed by atoms with Gasteiger partial charge in [0.05, 0.1) is 5.92 Å². The maximum absolute atomic E-state index is 12.8. The van der Waals surface area contributed by atoms with Crippen LogP contribution in [-0.2, 0) is 14.3 Å². The molecule has 0 heterocycles. The summed E-state index contributed by atoms with van der Waals surface area (Å²) in [7, 11) is 0. The Balaban J connectivity index is 1.58. The first-order valence-electron chi connectivity index (χ1n) is 10.7. The highest BCUT2D eigenvalue weighted by atomic mass is 16.5. The topological polar surface area (TPSA) is 95.9 Å². The quantitative estimate of drug-likeness (QED) is 0.684. The van der Waals surface area contributed by atoms with Crippen molar-refractivity contribution in [2.45, 2.75) is 39.2 Å². The number of amides is 2. The minimum absolute atomic E-state index is 0.0424. The number of alkyl carbamates (subject to hydrolysis) is 1. The van der Waals surface area contributed by atoms with Gasteiger partial charge in [-0.1, -0.05) is 55.5 Å². The molecule has 0 bridgehead atoms. The number of nitrogens with one attached hydrogen (secondary N) is 1. The SMILES string of the molecule is CC(CNC(=O)OCC1c2ccccc2-c2ccccc21)C(=O)N(CC(=O)O)C(C)(C)C. The highest BCUT2D eigenvalue weighted by Crippen LogP contribution is 2.44. The summed E-state index contributed by atoms with van der Waals surface area (Å²) in [5.41, 5.74) is 3.90. The van der Waals surface area contributed by atoms with E-state index in [9.17, 15) is 14.4 Å². The average molecular weight is 439 g/mol. The number of hydrogen-bond acceptors (Lipinski definition) is 4. The van der Waals surface area contributed by atoms with Crippen LogP contribution < -0.4 is 5.32 Å². The van der Waals surface area contributed by atoms with E-state index in [-0.39, 0.29) is 25.0 Å². The Hall–Kier alpha value is -3.35. The summed E-state index contributed by atoms with van der Waals surface area (Å²) in [4.78, 5) is 37.6. The molecule has 32 heavy (non-hydrogen) atoms. The zero-order valence-electron chi connectivity index (χ0n) is 18.9. The number of fused-ring (bicyclic) bond motifs is 3. The van der Waals surface area contributed by atoms with Gasteiger partial charge in [-0.3, -0.25) is 9.59 Å².